The molecule has 0 aromatic carbocycles. The van der Waals surface area contributed by atoms with Crippen molar-refractivity contribution in [3.05, 3.63) is 58.6 Å². The summed E-state index contributed by atoms with van der Waals surface area (Å²) < 4.78 is 13.2. The highest BCUT2D eigenvalue weighted by atomic mass is 19.1. The molecule has 0 unspecified atom stereocenters. The van der Waals surface area contributed by atoms with Gasteiger partial charge in [0.25, 0.3) is 5.91 Å². The molecule has 0 fully saturated rings. The van der Waals surface area contributed by atoms with Crippen LogP contribution in [0.5, 0.6) is 0 Å². The van der Waals surface area contributed by atoms with Crippen molar-refractivity contribution in [1.29, 1.82) is 0 Å². The molecule has 2 heterocycles. The van der Waals surface area contributed by atoms with Gasteiger partial charge < -0.3 is 5.32 Å². The molecule has 2 aromatic rings. The van der Waals surface area contributed by atoms with Gasteiger partial charge in [0.1, 0.15) is 17.3 Å². The van der Waals surface area contributed by atoms with Crippen molar-refractivity contribution in [3.8, 4) is 0 Å². The summed E-state index contributed by atoms with van der Waals surface area (Å²) in [6.45, 7) is 12.5. The van der Waals surface area contributed by atoms with E-state index < -0.39 is 11.7 Å². The van der Waals surface area contributed by atoms with Crippen LogP contribution in [0.1, 0.15) is 41.6 Å². The minimum absolute atomic E-state index is 0.0967. The maximum Gasteiger partial charge on any atom is 0.274 e. The number of nitrogens with one attached hydrogen (secondary N) is 1. The van der Waals surface area contributed by atoms with Crippen molar-refractivity contribution in [2.45, 2.75) is 26.7 Å². The monoisotopic (exact) mass is 298 g/mol. The normalized spacial score (nSPS) is 10.4. The fraction of sp³-hybridized carbons (Fsp3) is 0.250. The molecule has 1 N–H and O–H groups in total. The number of hydrogen-bond donors (Lipinski definition) is 1. The minimum atomic E-state index is -0.481. The summed E-state index contributed by atoms with van der Waals surface area (Å²) in [7, 11) is 0. The Hall–Kier alpha value is -2.81. The zero-order valence-corrected chi connectivity index (χ0v) is 12.5. The topological polar surface area (TPSA) is 59.2 Å². The van der Waals surface area contributed by atoms with Gasteiger partial charge in [0.05, 0.1) is 12.3 Å². The molecule has 0 aliphatic heterocycles. The average Bonchev–Trinajstić information content (AvgIpc) is 2.50. The molecule has 112 valence electrons. The van der Waals surface area contributed by atoms with E-state index in [0.29, 0.717) is 11.4 Å². The number of halogens is 1. The van der Waals surface area contributed by atoms with Crippen LogP contribution < -0.4 is 5.32 Å². The van der Waals surface area contributed by atoms with Crippen LogP contribution in [-0.2, 0) is 0 Å². The Bertz CT molecular complexity index is 765. The Morgan fingerprint density at radius 3 is 2.64 bits per heavy atom. The third-order valence-electron chi connectivity index (χ3n) is 3.05. The highest BCUT2D eigenvalue weighted by Crippen LogP contribution is 2.21. The van der Waals surface area contributed by atoms with Gasteiger partial charge in [-0.05, 0) is 37.1 Å². The Morgan fingerprint density at radius 1 is 1.32 bits per heavy atom. The van der Waals surface area contributed by atoms with Crippen molar-refractivity contribution >= 4 is 17.4 Å². The minimum Gasteiger partial charge on any atom is -0.305 e. The van der Waals surface area contributed by atoms with Crippen LogP contribution in [0.3, 0.4) is 0 Å². The van der Waals surface area contributed by atoms with Gasteiger partial charge in [0.2, 0.25) is 0 Å². The largest absolute Gasteiger partial charge is 0.305 e. The van der Waals surface area contributed by atoms with Crippen LogP contribution >= 0.6 is 0 Å². The Balaban J connectivity index is 2.31. The SMILES string of the molecule is [C-]#[N+]c1cc(C(=O)Nc2ccc(F)c(C)n2)nc(C(C)C)c1. The van der Waals surface area contributed by atoms with Gasteiger partial charge >= 0.3 is 0 Å². The summed E-state index contributed by atoms with van der Waals surface area (Å²) in [6.07, 6.45) is 0. The summed E-state index contributed by atoms with van der Waals surface area (Å²) in [5.41, 5.74) is 1.36. The molecule has 2 aromatic heterocycles. The van der Waals surface area contributed by atoms with E-state index in [9.17, 15) is 9.18 Å². The van der Waals surface area contributed by atoms with Crippen LogP contribution in [0.4, 0.5) is 15.9 Å². The molecular formula is C16H15FN4O. The lowest BCUT2D eigenvalue weighted by Gasteiger charge is -2.09. The van der Waals surface area contributed by atoms with Crippen molar-refractivity contribution in [1.82, 2.24) is 9.97 Å². The van der Waals surface area contributed by atoms with E-state index in [1.165, 1.54) is 25.1 Å². The van der Waals surface area contributed by atoms with Crippen LogP contribution in [-0.4, -0.2) is 15.9 Å². The van der Waals surface area contributed by atoms with Gasteiger partial charge in [0.15, 0.2) is 5.69 Å². The zero-order valence-electron chi connectivity index (χ0n) is 12.5. The van der Waals surface area contributed by atoms with Gasteiger partial charge in [-0.1, -0.05) is 13.8 Å². The zero-order chi connectivity index (χ0) is 16.3. The molecule has 0 saturated carbocycles. The quantitative estimate of drug-likeness (QED) is 0.876. The first-order valence-corrected chi connectivity index (χ1v) is 6.74. The number of nitrogens with zero attached hydrogens (tertiary/aromatic N) is 3. The summed E-state index contributed by atoms with van der Waals surface area (Å²) in [6, 6.07) is 5.70. The van der Waals surface area contributed by atoms with Crippen LogP contribution in [0, 0.1) is 19.3 Å². The molecule has 0 spiro atoms. The summed E-state index contributed by atoms with van der Waals surface area (Å²) in [5.74, 6) is -0.580. The number of rotatable bonds is 3. The van der Waals surface area contributed by atoms with E-state index in [0.717, 1.165) is 0 Å². The van der Waals surface area contributed by atoms with E-state index in [-0.39, 0.29) is 23.1 Å². The van der Waals surface area contributed by atoms with Crippen molar-refractivity contribution in [2.75, 3.05) is 5.32 Å². The number of aromatic nitrogens is 2. The molecule has 5 nitrogen and oxygen atoms in total. The van der Waals surface area contributed by atoms with Crippen LogP contribution in [0.15, 0.2) is 24.3 Å². The molecular weight excluding hydrogens is 283 g/mol. The highest BCUT2D eigenvalue weighted by Gasteiger charge is 2.13. The van der Waals surface area contributed by atoms with Crippen molar-refractivity contribution < 1.29 is 9.18 Å². The number of carbonyl (C=O) groups is 1. The van der Waals surface area contributed by atoms with E-state index in [2.05, 4.69) is 20.1 Å². The first kappa shape index (κ1) is 15.6. The van der Waals surface area contributed by atoms with Gasteiger partial charge in [-0.3, -0.25) is 9.78 Å². The second-order valence-corrected chi connectivity index (χ2v) is 5.12. The molecule has 6 heteroatoms. The molecule has 0 aliphatic rings. The van der Waals surface area contributed by atoms with Gasteiger partial charge in [0, 0.05) is 5.69 Å². The second kappa shape index (κ2) is 6.31. The molecule has 0 radical (unpaired) electrons. The highest BCUT2D eigenvalue weighted by molar-refractivity contribution is 6.02. The summed E-state index contributed by atoms with van der Waals surface area (Å²) >= 11 is 0. The lowest BCUT2D eigenvalue weighted by molar-refractivity contribution is 0.102. The van der Waals surface area contributed by atoms with Gasteiger partial charge in [-0.25, -0.2) is 14.2 Å². The third-order valence-corrected chi connectivity index (χ3v) is 3.05. The average molecular weight is 298 g/mol. The Morgan fingerprint density at radius 2 is 2.05 bits per heavy atom. The number of anilines is 1. The van der Waals surface area contributed by atoms with E-state index in [4.69, 9.17) is 6.57 Å². The summed E-state index contributed by atoms with van der Waals surface area (Å²) in [5, 5.41) is 2.56. The number of aryl methyl sites for hydroxylation is 1. The number of amides is 1. The van der Waals surface area contributed by atoms with E-state index >= 15 is 0 Å². The third kappa shape index (κ3) is 3.44. The van der Waals surface area contributed by atoms with Crippen LogP contribution in [0.2, 0.25) is 0 Å². The first-order valence-electron chi connectivity index (χ1n) is 6.74. The lowest BCUT2D eigenvalue weighted by atomic mass is 10.1. The molecule has 0 bridgehead atoms. The number of pyridine rings is 2. The van der Waals surface area contributed by atoms with Gasteiger partial charge in [-0.2, -0.15) is 0 Å². The molecule has 0 aliphatic carbocycles. The smallest absolute Gasteiger partial charge is 0.274 e. The standard InChI is InChI=1S/C16H15FN4O/c1-9(2)13-7-11(18-4)8-14(20-13)16(22)21-15-6-5-12(17)10(3)19-15/h5-9H,1-3H3,(H,19,21,22). The maximum atomic E-state index is 13.2. The number of carbonyl (C=O) groups excluding carboxylic acids is 1. The second-order valence-electron chi connectivity index (χ2n) is 5.12. The predicted molar refractivity (Wildman–Crippen MR) is 81.5 cm³/mol. The lowest BCUT2D eigenvalue weighted by Crippen LogP contribution is -2.16. The van der Waals surface area contributed by atoms with E-state index in [1.54, 1.807) is 6.07 Å². The predicted octanol–water partition coefficient (Wildman–Crippen LogP) is 3.85. The first-order chi connectivity index (χ1) is 10.4. The molecule has 2 rings (SSSR count). The molecule has 0 saturated heterocycles. The molecule has 22 heavy (non-hydrogen) atoms. The molecule has 0 atom stereocenters. The van der Waals surface area contributed by atoms with Crippen molar-refractivity contribution in [2.24, 2.45) is 0 Å². The fourth-order valence-electron chi connectivity index (χ4n) is 1.81. The van der Waals surface area contributed by atoms with E-state index in [1.807, 2.05) is 13.8 Å². The number of hydrogen-bond acceptors (Lipinski definition) is 3. The summed E-state index contributed by atoms with van der Waals surface area (Å²) in [4.78, 5) is 23.8. The van der Waals surface area contributed by atoms with Gasteiger partial charge in [-0.15, -0.1) is 0 Å². The fourth-order valence-corrected chi connectivity index (χ4v) is 1.81. The molecule has 1 amide bonds. The van der Waals surface area contributed by atoms with Crippen molar-refractivity contribution in [3.63, 3.8) is 0 Å². The Kier molecular flexibility index (Phi) is 4.47. The Labute approximate surface area is 128 Å². The maximum absolute atomic E-state index is 13.2. The van der Waals surface area contributed by atoms with Crippen LogP contribution in [0.25, 0.3) is 4.85 Å².